The summed E-state index contributed by atoms with van der Waals surface area (Å²) >= 11 is 0. The van der Waals surface area contributed by atoms with Crippen molar-refractivity contribution in [3.63, 3.8) is 0 Å². The Kier molecular flexibility index (Phi) is 9.31. The van der Waals surface area contributed by atoms with Gasteiger partial charge in [0.15, 0.2) is 21.9 Å². The number of allylic oxidation sites excluding steroid dienone is 4. The van der Waals surface area contributed by atoms with E-state index in [1.165, 1.54) is 18.2 Å². The van der Waals surface area contributed by atoms with Crippen molar-refractivity contribution in [2.45, 2.75) is 20.3 Å². The topological polar surface area (TPSA) is 102 Å². The third-order valence-electron chi connectivity index (χ3n) is 4.61. The van der Waals surface area contributed by atoms with E-state index in [0.29, 0.717) is 25.3 Å². The van der Waals surface area contributed by atoms with E-state index in [4.69, 9.17) is 13.8 Å². The van der Waals surface area contributed by atoms with E-state index in [1.807, 2.05) is 7.05 Å². The van der Waals surface area contributed by atoms with Gasteiger partial charge in [0.2, 0.25) is 0 Å². The van der Waals surface area contributed by atoms with Crippen LogP contribution in [0.1, 0.15) is 20.3 Å². The molecule has 1 aliphatic heterocycles. The summed E-state index contributed by atoms with van der Waals surface area (Å²) in [7, 11) is -5.64. The van der Waals surface area contributed by atoms with Crippen molar-refractivity contribution in [2.75, 3.05) is 58.5 Å². The molecule has 170 valence electrons. The number of amides is 1. The van der Waals surface area contributed by atoms with Gasteiger partial charge in [-0.15, -0.1) is 0 Å². The predicted octanol–water partition coefficient (Wildman–Crippen LogP) is 2.14. The van der Waals surface area contributed by atoms with Crippen molar-refractivity contribution in [1.29, 1.82) is 0 Å². The zero-order valence-electron chi connectivity index (χ0n) is 17.8. The summed E-state index contributed by atoms with van der Waals surface area (Å²) in [5, 5.41) is 0. The van der Waals surface area contributed by atoms with Crippen LogP contribution in [-0.4, -0.2) is 82.7 Å². The maximum atomic E-state index is 12.7. The molecule has 0 saturated carbocycles. The summed E-state index contributed by atoms with van der Waals surface area (Å²) in [5.41, 5.74) is -0.732. The highest BCUT2D eigenvalue weighted by Crippen LogP contribution is 2.50. The molecule has 0 bridgehead atoms. The lowest BCUT2D eigenvalue weighted by atomic mass is 10.3. The number of nitrogens with zero attached hydrogens (tertiary/aromatic N) is 2. The monoisotopic (exact) mass is 462 g/mol. The van der Waals surface area contributed by atoms with E-state index >= 15 is 0 Å². The molecule has 1 aliphatic carbocycles. The molecule has 0 spiro atoms. The minimum Gasteiger partial charge on any atom is -0.488 e. The van der Waals surface area contributed by atoms with Crippen LogP contribution in [0.4, 0.5) is 0 Å². The summed E-state index contributed by atoms with van der Waals surface area (Å²) in [6.45, 7) is 6.31. The number of hydrogen-bond acceptors (Lipinski definition) is 8. The van der Waals surface area contributed by atoms with Crippen LogP contribution in [0.3, 0.4) is 0 Å². The molecule has 2 rings (SSSR count). The fourth-order valence-corrected chi connectivity index (χ4v) is 7.29. The molecular weight excluding hydrogens is 431 g/mol. The Morgan fingerprint density at radius 1 is 1.10 bits per heavy atom. The molecule has 1 saturated heterocycles. The van der Waals surface area contributed by atoms with Gasteiger partial charge in [0.05, 0.1) is 18.1 Å². The summed E-state index contributed by atoms with van der Waals surface area (Å²) in [4.78, 5) is 16.2. The molecule has 30 heavy (non-hydrogen) atoms. The molecule has 0 N–H and O–H groups in total. The average molecular weight is 463 g/mol. The van der Waals surface area contributed by atoms with Gasteiger partial charge in [0.25, 0.3) is 5.91 Å². The van der Waals surface area contributed by atoms with Gasteiger partial charge in [-0.05, 0) is 39.1 Å². The lowest BCUT2D eigenvalue weighted by Crippen LogP contribution is -2.48. The second-order valence-electron chi connectivity index (χ2n) is 6.97. The molecule has 0 atom stereocenters. The summed E-state index contributed by atoms with van der Waals surface area (Å²) in [5.74, 6) is 0.389. The SMILES string of the molecule is CCOP(=O)(CS(=O)(=O)C1=CC=C(OCC(=O)N2CCN(C)CC2)CC=C1)OCC. The lowest BCUT2D eigenvalue weighted by Gasteiger charge is -2.32. The minimum absolute atomic E-state index is 0.00822. The number of hydrogen-bond donors (Lipinski definition) is 0. The van der Waals surface area contributed by atoms with Crippen molar-refractivity contribution < 1.29 is 31.6 Å². The normalized spacial score (nSPS) is 18.6. The van der Waals surface area contributed by atoms with Gasteiger partial charge >= 0.3 is 7.60 Å². The highest BCUT2D eigenvalue weighted by atomic mass is 32.2. The Hall–Kier alpha value is -1.45. The smallest absolute Gasteiger partial charge is 0.346 e. The first-order valence-corrected chi connectivity index (χ1v) is 13.3. The van der Waals surface area contributed by atoms with Crippen LogP contribution in [0.5, 0.6) is 0 Å². The van der Waals surface area contributed by atoms with Gasteiger partial charge in [-0.2, -0.15) is 0 Å². The first kappa shape index (κ1) is 24.8. The number of rotatable bonds is 10. The number of sulfone groups is 1. The quantitative estimate of drug-likeness (QED) is 0.455. The Bertz CT molecular complexity index is 833. The zero-order chi connectivity index (χ0) is 22.2. The van der Waals surface area contributed by atoms with E-state index in [9.17, 15) is 17.8 Å². The molecule has 9 nitrogen and oxygen atoms in total. The van der Waals surface area contributed by atoms with Crippen LogP contribution in [0.15, 0.2) is 35.0 Å². The van der Waals surface area contributed by atoms with Crippen molar-refractivity contribution in [1.82, 2.24) is 9.80 Å². The Morgan fingerprint density at radius 2 is 1.73 bits per heavy atom. The highest BCUT2D eigenvalue weighted by molar-refractivity contribution is 8.01. The first-order chi connectivity index (χ1) is 14.2. The number of piperazine rings is 1. The van der Waals surface area contributed by atoms with Crippen molar-refractivity contribution in [3.05, 3.63) is 35.0 Å². The molecule has 0 radical (unpaired) electrons. The molecule has 11 heteroatoms. The molecule has 0 aromatic rings. The van der Waals surface area contributed by atoms with Crippen LogP contribution >= 0.6 is 7.60 Å². The van der Waals surface area contributed by atoms with E-state index in [-0.39, 0.29) is 30.6 Å². The van der Waals surface area contributed by atoms with Crippen molar-refractivity contribution >= 4 is 23.3 Å². The van der Waals surface area contributed by atoms with Gasteiger partial charge in [0, 0.05) is 32.6 Å². The molecule has 1 fully saturated rings. The molecular formula is C19H31N2O7PS. The van der Waals surface area contributed by atoms with E-state index in [2.05, 4.69) is 4.90 Å². The Labute approximate surface area is 178 Å². The second-order valence-corrected chi connectivity index (χ2v) is 11.4. The molecule has 0 aromatic carbocycles. The van der Waals surface area contributed by atoms with Crippen LogP contribution < -0.4 is 0 Å². The largest absolute Gasteiger partial charge is 0.488 e. The average Bonchev–Trinajstić information content (AvgIpc) is 2.93. The maximum Gasteiger partial charge on any atom is 0.346 e. The first-order valence-electron chi connectivity index (χ1n) is 9.96. The molecule has 0 unspecified atom stereocenters. The fraction of sp³-hybridized carbons (Fsp3) is 0.632. The van der Waals surface area contributed by atoms with Gasteiger partial charge in [-0.25, -0.2) is 8.42 Å². The van der Waals surface area contributed by atoms with E-state index in [1.54, 1.807) is 24.8 Å². The number of likely N-dealkylation sites (N-methyl/N-ethyl adjacent to an activating group) is 1. The third kappa shape index (κ3) is 7.35. The van der Waals surface area contributed by atoms with Gasteiger partial charge in [-0.3, -0.25) is 9.36 Å². The number of ether oxygens (including phenoxy) is 1. The number of carbonyl (C=O) groups is 1. The molecule has 0 aromatic heterocycles. The third-order valence-corrected chi connectivity index (χ3v) is 9.53. The standard InChI is InChI=1S/C19H31N2O7PS/c1-4-27-29(23,28-5-2)16-30(24,25)18-8-6-7-17(9-10-18)26-15-19(22)21-13-11-20(3)12-14-21/h6,8-10H,4-5,7,11-16H2,1-3H3. The van der Waals surface area contributed by atoms with Crippen LogP contribution in [0.25, 0.3) is 0 Å². The predicted molar refractivity (Wildman–Crippen MR) is 115 cm³/mol. The molecule has 1 amide bonds. The minimum atomic E-state index is -3.90. The fourth-order valence-electron chi connectivity index (χ4n) is 2.99. The lowest BCUT2D eigenvalue weighted by molar-refractivity contribution is -0.136. The van der Waals surface area contributed by atoms with Gasteiger partial charge < -0.3 is 23.6 Å². The van der Waals surface area contributed by atoms with Crippen LogP contribution in [0, 0.1) is 0 Å². The Morgan fingerprint density at radius 3 is 2.33 bits per heavy atom. The summed E-state index contributed by atoms with van der Waals surface area (Å²) in [6, 6.07) is 0. The van der Waals surface area contributed by atoms with Gasteiger partial charge in [-0.1, -0.05) is 6.08 Å². The van der Waals surface area contributed by atoms with Gasteiger partial charge in [0.1, 0.15) is 5.76 Å². The highest BCUT2D eigenvalue weighted by Gasteiger charge is 2.33. The molecule has 1 heterocycles. The van der Waals surface area contributed by atoms with E-state index < -0.39 is 22.9 Å². The Balaban J connectivity index is 2.01. The number of carbonyl (C=O) groups excluding carboxylic acids is 1. The van der Waals surface area contributed by atoms with Crippen molar-refractivity contribution in [3.8, 4) is 0 Å². The summed E-state index contributed by atoms with van der Waals surface area (Å²) in [6.07, 6.45) is 6.33. The molecule has 2 aliphatic rings. The van der Waals surface area contributed by atoms with Crippen molar-refractivity contribution in [2.24, 2.45) is 0 Å². The maximum absolute atomic E-state index is 12.7. The summed E-state index contributed by atoms with van der Waals surface area (Å²) < 4.78 is 53.9. The van der Waals surface area contributed by atoms with E-state index in [0.717, 1.165) is 13.1 Å². The van der Waals surface area contributed by atoms with Crippen LogP contribution in [-0.2, 0) is 33.0 Å². The second kappa shape index (κ2) is 11.2. The van der Waals surface area contributed by atoms with Crippen LogP contribution in [0.2, 0.25) is 0 Å². The zero-order valence-corrected chi connectivity index (χ0v) is 19.5.